The summed E-state index contributed by atoms with van der Waals surface area (Å²) in [5.41, 5.74) is 1.81. The number of rotatable bonds is 5. The molecule has 0 bridgehead atoms. The van der Waals surface area contributed by atoms with Crippen molar-refractivity contribution >= 4 is 38.1 Å². The van der Waals surface area contributed by atoms with Crippen molar-refractivity contribution in [3.05, 3.63) is 34.3 Å². The summed E-state index contributed by atoms with van der Waals surface area (Å²) in [5.74, 6) is 0.373. The highest BCUT2D eigenvalue weighted by Gasteiger charge is 2.28. The molecule has 1 aromatic carbocycles. The van der Waals surface area contributed by atoms with Crippen LogP contribution in [0, 0.1) is 12.8 Å². The lowest BCUT2D eigenvalue weighted by atomic mass is 10.1. The quantitative estimate of drug-likeness (QED) is 0.842. The van der Waals surface area contributed by atoms with E-state index < -0.39 is 10.0 Å². The van der Waals surface area contributed by atoms with Crippen LogP contribution in [0.15, 0.2) is 18.2 Å². The van der Waals surface area contributed by atoms with Crippen molar-refractivity contribution in [2.45, 2.75) is 33.6 Å². The summed E-state index contributed by atoms with van der Waals surface area (Å²) in [6.07, 6.45) is 1.45. The summed E-state index contributed by atoms with van der Waals surface area (Å²) < 4.78 is 25.5. The molecule has 0 unspecified atom stereocenters. The van der Waals surface area contributed by atoms with Gasteiger partial charge in [0.2, 0.25) is 15.2 Å². The summed E-state index contributed by atoms with van der Waals surface area (Å²) >= 11 is 1.37. The number of anilines is 2. The van der Waals surface area contributed by atoms with Crippen LogP contribution in [-0.4, -0.2) is 36.8 Å². The lowest BCUT2D eigenvalue weighted by molar-refractivity contribution is 0.102. The third-order valence-electron chi connectivity index (χ3n) is 4.11. The van der Waals surface area contributed by atoms with Crippen molar-refractivity contribution in [1.29, 1.82) is 0 Å². The van der Waals surface area contributed by atoms with Gasteiger partial charge in [0, 0.05) is 18.5 Å². The van der Waals surface area contributed by atoms with Gasteiger partial charge >= 0.3 is 0 Å². The second kappa shape index (κ2) is 7.32. The average Bonchev–Trinajstić information content (AvgIpc) is 3.12. The molecular formula is C17H22N4O3S2. The van der Waals surface area contributed by atoms with E-state index in [2.05, 4.69) is 29.4 Å². The second-order valence-electron chi connectivity index (χ2n) is 6.79. The number of carbonyl (C=O) groups is 1. The van der Waals surface area contributed by atoms with Crippen LogP contribution in [0.25, 0.3) is 0 Å². The first-order valence-electron chi connectivity index (χ1n) is 8.51. The van der Waals surface area contributed by atoms with Crippen molar-refractivity contribution in [1.82, 2.24) is 10.2 Å². The summed E-state index contributed by atoms with van der Waals surface area (Å²) in [6.45, 7) is 6.48. The minimum absolute atomic E-state index is 0.171. The van der Waals surface area contributed by atoms with E-state index in [4.69, 9.17) is 0 Å². The zero-order valence-electron chi connectivity index (χ0n) is 15.0. The van der Waals surface area contributed by atoms with E-state index in [0.717, 1.165) is 11.4 Å². The predicted molar refractivity (Wildman–Crippen MR) is 103 cm³/mol. The first-order valence-corrected chi connectivity index (χ1v) is 10.9. The first-order chi connectivity index (χ1) is 12.3. The fraction of sp³-hybridized carbons (Fsp3) is 0.471. The number of nitrogens with zero attached hydrogens (tertiary/aromatic N) is 3. The number of sulfonamides is 1. The molecule has 1 fully saturated rings. The minimum Gasteiger partial charge on any atom is -0.296 e. The van der Waals surface area contributed by atoms with Crippen molar-refractivity contribution in [2.24, 2.45) is 5.92 Å². The molecule has 7 nitrogen and oxygen atoms in total. The van der Waals surface area contributed by atoms with Crippen molar-refractivity contribution in [3.8, 4) is 0 Å². The highest BCUT2D eigenvalue weighted by atomic mass is 32.2. The number of aromatic nitrogens is 2. The van der Waals surface area contributed by atoms with E-state index in [-0.39, 0.29) is 11.7 Å². The Morgan fingerprint density at radius 1 is 1.35 bits per heavy atom. The largest absolute Gasteiger partial charge is 0.296 e. The number of benzene rings is 1. The Labute approximate surface area is 157 Å². The standard InChI is InChI=1S/C17H22N4O3S2/c1-11(2)9-15-19-20-17(25-15)18-16(22)14-6-5-13(10-12(14)3)21-7-4-8-26(21,23)24/h5-6,10-11H,4,7-9H2,1-3H3,(H,18,20,22). The molecule has 3 rings (SSSR count). The number of amides is 1. The monoisotopic (exact) mass is 394 g/mol. The molecule has 1 N–H and O–H groups in total. The maximum Gasteiger partial charge on any atom is 0.257 e. The number of hydrogen-bond donors (Lipinski definition) is 1. The summed E-state index contributed by atoms with van der Waals surface area (Å²) in [4.78, 5) is 12.5. The fourth-order valence-corrected chi connectivity index (χ4v) is 5.39. The average molecular weight is 395 g/mol. The van der Waals surface area contributed by atoms with Crippen LogP contribution in [0.2, 0.25) is 0 Å². The van der Waals surface area contributed by atoms with Gasteiger partial charge in [0.1, 0.15) is 5.01 Å². The van der Waals surface area contributed by atoms with E-state index >= 15 is 0 Å². The molecular weight excluding hydrogens is 372 g/mol. The highest BCUT2D eigenvalue weighted by Crippen LogP contribution is 2.27. The SMILES string of the molecule is Cc1cc(N2CCCS2(=O)=O)ccc1C(=O)Nc1nnc(CC(C)C)s1. The van der Waals surface area contributed by atoms with Crippen LogP contribution in [-0.2, 0) is 16.4 Å². The van der Waals surface area contributed by atoms with Crippen LogP contribution in [0.3, 0.4) is 0 Å². The van der Waals surface area contributed by atoms with Crippen molar-refractivity contribution < 1.29 is 13.2 Å². The molecule has 0 radical (unpaired) electrons. The molecule has 1 aliphatic heterocycles. The summed E-state index contributed by atoms with van der Waals surface area (Å²) in [5, 5.41) is 12.2. The molecule has 2 aromatic rings. The number of hydrogen-bond acceptors (Lipinski definition) is 6. The lowest BCUT2D eigenvalue weighted by Crippen LogP contribution is -2.25. The van der Waals surface area contributed by atoms with Gasteiger partial charge in [0.25, 0.3) is 5.91 Å². The number of nitrogens with one attached hydrogen (secondary N) is 1. The fourth-order valence-electron chi connectivity index (χ4n) is 2.89. The van der Waals surface area contributed by atoms with Gasteiger partial charge in [-0.2, -0.15) is 0 Å². The minimum atomic E-state index is -3.23. The molecule has 0 saturated carbocycles. The molecule has 140 valence electrons. The Morgan fingerprint density at radius 3 is 2.73 bits per heavy atom. The zero-order chi connectivity index (χ0) is 18.9. The van der Waals surface area contributed by atoms with Gasteiger partial charge in [-0.05, 0) is 43.0 Å². The Hall–Kier alpha value is -2.00. The Balaban J connectivity index is 1.75. The molecule has 0 atom stereocenters. The third kappa shape index (κ3) is 4.04. The van der Waals surface area contributed by atoms with Gasteiger partial charge in [0.15, 0.2) is 0 Å². The van der Waals surface area contributed by atoms with Gasteiger partial charge < -0.3 is 0 Å². The van der Waals surface area contributed by atoms with E-state index in [1.165, 1.54) is 15.6 Å². The van der Waals surface area contributed by atoms with Gasteiger partial charge in [-0.3, -0.25) is 14.4 Å². The van der Waals surface area contributed by atoms with Crippen LogP contribution in [0.4, 0.5) is 10.8 Å². The molecule has 26 heavy (non-hydrogen) atoms. The molecule has 1 amide bonds. The van der Waals surface area contributed by atoms with Gasteiger partial charge in [0.05, 0.1) is 11.4 Å². The third-order valence-corrected chi connectivity index (χ3v) is 6.84. The molecule has 0 aliphatic carbocycles. The number of aryl methyl sites for hydroxylation is 1. The van der Waals surface area contributed by atoms with Crippen LogP contribution in [0.5, 0.6) is 0 Å². The van der Waals surface area contributed by atoms with Crippen LogP contribution >= 0.6 is 11.3 Å². The predicted octanol–water partition coefficient (Wildman–Crippen LogP) is 2.84. The zero-order valence-corrected chi connectivity index (χ0v) is 16.7. The summed E-state index contributed by atoms with van der Waals surface area (Å²) in [6, 6.07) is 5.07. The normalized spacial score (nSPS) is 16.2. The van der Waals surface area contributed by atoms with E-state index in [0.29, 0.717) is 40.8 Å². The maximum absolute atomic E-state index is 12.5. The Morgan fingerprint density at radius 2 is 2.12 bits per heavy atom. The summed E-state index contributed by atoms with van der Waals surface area (Å²) in [7, 11) is -3.23. The number of carbonyl (C=O) groups excluding carboxylic acids is 1. The Bertz CT molecular complexity index is 922. The van der Waals surface area contributed by atoms with Gasteiger partial charge in [-0.1, -0.05) is 25.2 Å². The first kappa shape index (κ1) is 18.8. The van der Waals surface area contributed by atoms with Crippen molar-refractivity contribution in [2.75, 3.05) is 21.9 Å². The van der Waals surface area contributed by atoms with Gasteiger partial charge in [-0.15, -0.1) is 10.2 Å². The van der Waals surface area contributed by atoms with E-state index in [1.54, 1.807) is 25.1 Å². The van der Waals surface area contributed by atoms with E-state index in [1.807, 2.05) is 0 Å². The molecule has 9 heteroatoms. The highest BCUT2D eigenvalue weighted by molar-refractivity contribution is 7.93. The van der Waals surface area contributed by atoms with Crippen LogP contribution < -0.4 is 9.62 Å². The molecule has 1 saturated heterocycles. The lowest BCUT2D eigenvalue weighted by Gasteiger charge is -2.18. The maximum atomic E-state index is 12.5. The second-order valence-corrected chi connectivity index (χ2v) is 9.87. The van der Waals surface area contributed by atoms with Crippen molar-refractivity contribution in [3.63, 3.8) is 0 Å². The smallest absolute Gasteiger partial charge is 0.257 e. The molecule has 2 heterocycles. The Kier molecular flexibility index (Phi) is 5.29. The van der Waals surface area contributed by atoms with E-state index in [9.17, 15) is 13.2 Å². The topological polar surface area (TPSA) is 92.3 Å². The molecule has 1 aromatic heterocycles. The molecule has 1 aliphatic rings. The van der Waals surface area contributed by atoms with Gasteiger partial charge in [-0.25, -0.2) is 8.42 Å². The molecule has 0 spiro atoms. The van der Waals surface area contributed by atoms with Crippen LogP contribution in [0.1, 0.15) is 41.2 Å².